The zero-order valence-electron chi connectivity index (χ0n) is 22.6. The van der Waals surface area contributed by atoms with Crippen molar-refractivity contribution in [2.75, 3.05) is 30.8 Å². The van der Waals surface area contributed by atoms with E-state index in [9.17, 15) is 12.8 Å². The summed E-state index contributed by atoms with van der Waals surface area (Å²) >= 11 is 0. The molecule has 0 bridgehead atoms. The number of aryl methyl sites for hydroxylation is 2. The number of anilines is 4. The van der Waals surface area contributed by atoms with E-state index in [2.05, 4.69) is 30.7 Å². The average molecular weight is 566 g/mol. The lowest BCUT2D eigenvalue weighted by Gasteiger charge is -2.35. The van der Waals surface area contributed by atoms with Crippen LogP contribution in [0.4, 0.5) is 27.5 Å². The van der Waals surface area contributed by atoms with Gasteiger partial charge >= 0.3 is 0 Å². The predicted molar refractivity (Wildman–Crippen MR) is 151 cm³/mol. The molecule has 210 valence electrons. The van der Waals surface area contributed by atoms with Crippen LogP contribution in [0.3, 0.4) is 0 Å². The van der Waals surface area contributed by atoms with E-state index in [-0.39, 0.29) is 16.8 Å². The molecule has 1 fully saturated rings. The molecule has 1 aliphatic heterocycles. The molecule has 40 heavy (non-hydrogen) atoms. The molecule has 2 N–H and O–H groups in total. The second kappa shape index (κ2) is 11.7. The second-order valence-electron chi connectivity index (χ2n) is 9.96. The van der Waals surface area contributed by atoms with Crippen molar-refractivity contribution in [1.82, 2.24) is 24.3 Å². The number of nitrogens with one attached hydrogen (secondary N) is 2. The third kappa shape index (κ3) is 6.46. The highest BCUT2D eigenvalue weighted by molar-refractivity contribution is 7.89. The van der Waals surface area contributed by atoms with E-state index < -0.39 is 10.0 Å². The Kier molecular flexibility index (Phi) is 8.10. The second-order valence-corrected chi connectivity index (χ2v) is 12.0. The lowest BCUT2D eigenvalue weighted by molar-refractivity contribution is 0.161. The molecule has 0 amide bonds. The first kappa shape index (κ1) is 27.7. The summed E-state index contributed by atoms with van der Waals surface area (Å²) in [6, 6.07) is 14.8. The van der Waals surface area contributed by atoms with Gasteiger partial charge in [-0.3, -0.25) is 4.90 Å². The van der Waals surface area contributed by atoms with E-state index in [1.807, 2.05) is 13.0 Å². The smallest absolute Gasteiger partial charge is 0.243 e. The zero-order valence-corrected chi connectivity index (χ0v) is 23.4. The number of halogens is 1. The molecular weight excluding hydrogens is 533 g/mol. The molecule has 12 heteroatoms. The normalized spacial score (nSPS) is 14.9. The molecule has 5 rings (SSSR count). The molecule has 1 saturated heterocycles. The van der Waals surface area contributed by atoms with Crippen LogP contribution in [0.2, 0.25) is 0 Å². The predicted octanol–water partition coefficient (Wildman–Crippen LogP) is 4.99. The number of benzene rings is 2. The van der Waals surface area contributed by atoms with Crippen molar-refractivity contribution in [3.05, 3.63) is 83.6 Å². The van der Waals surface area contributed by atoms with Crippen LogP contribution < -0.4 is 10.6 Å². The molecule has 0 unspecified atom stereocenters. The van der Waals surface area contributed by atoms with Gasteiger partial charge in [0.2, 0.25) is 16.0 Å². The van der Waals surface area contributed by atoms with Crippen molar-refractivity contribution in [1.29, 1.82) is 0 Å². The van der Waals surface area contributed by atoms with Crippen molar-refractivity contribution in [3.63, 3.8) is 0 Å². The van der Waals surface area contributed by atoms with Crippen molar-refractivity contribution in [2.45, 2.75) is 44.2 Å². The highest BCUT2D eigenvalue weighted by Crippen LogP contribution is 2.26. The van der Waals surface area contributed by atoms with Crippen LogP contribution in [0.5, 0.6) is 0 Å². The number of hydrogen-bond acceptors (Lipinski definition) is 9. The standard InChI is InChI=1S/C28H32FN7O3S/c1-19-16-22(6-9-26(19)29)31-27-10-13-30-28(33-27)32-21-4-7-25(8-5-21)40(37,38)35(3)24-11-14-36(15-12-24)18-23-17-20(2)39-34-23/h4-10,13,16-17,24H,11-12,14-15,18H2,1-3H3,(H2,30,31,32,33). The van der Waals surface area contributed by atoms with Crippen molar-refractivity contribution >= 4 is 33.2 Å². The summed E-state index contributed by atoms with van der Waals surface area (Å²) in [6.07, 6.45) is 3.08. The molecule has 0 spiro atoms. The topological polar surface area (TPSA) is 116 Å². The summed E-state index contributed by atoms with van der Waals surface area (Å²) in [7, 11) is -2.01. The van der Waals surface area contributed by atoms with Crippen molar-refractivity contribution in [3.8, 4) is 0 Å². The molecule has 0 atom stereocenters. The van der Waals surface area contributed by atoms with Gasteiger partial charge in [0, 0.05) is 56.4 Å². The number of piperidine rings is 1. The highest BCUT2D eigenvalue weighted by Gasteiger charge is 2.31. The molecule has 0 saturated carbocycles. The molecule has 3 heterocycles. The van der Waals surface area contributed by atoms with Gasteiger partial charge in [0.15, 0.2) is 0 Å². The number of rotatable bonds is 9. The molecule has 10 nitrogen and oxygen atoms in total. The molecule has 0 radical (unpaired) electrons. The molecule has 4 aromatic rings. The van der Waals surface area contributed by atoms with Crippen LogP contribution in [0.25, 0.3) is 0 Å². The van der Waals surface area contributed by atoms with Gasteiger partial charge in [-0.05, 0) is 80.8 Å². The van der Waals surface area contributed by atoms with Gasteiger partial charge in [0.25, 0.3) is 0 Å². The van der Waals surface area contributed by atoms with Crippen molar-refractivity contribution in [2.24, 2.45) is 0 Å². The lowest BCUT2D eigenvalue weighted by atomic mass is 10.1. The van der Waals surface area contributed by atoms with Crippen LogP contribution >= 0.6 is 0 Å². The minimum absolute atomic E-state index is 0.0772. The van der Waals surface area contributed by atoms with Gasteiger partial charge in [0.1, 0.15) is 17.4 Å². The summed E-state index contributed by atoms with van der Waals surface area (Å²) in [4.78, 5) is 11.2. The summed E-state index contributed by atoms with van der Waals surface area (Å²) in [5, 5.41) is 10.3. The van der Waals surface area contributed by atoms with E-state index in [0.29, 0.717) is 35.2 Å². The fraction of sp³-hybridized carbons (Fsp3) is 0.321. The van der Waals surface area contributed by atoms with Crippen LogP contribution in [-0.2, 0) is 16.6 Å². The van der Waals surface area contributed by atoms with Gasteiger partial charge in [-0.25, -0.2) is 17.8 Å². The van der Waals surface area contributed by atoms with Crippen molar-refractivity contribution < 1.29 is 17.3 Å². The Morgan fingerprint density at radius 1 is 1.02 bits per heavy atom. The largest absolute Gasteiger partial charge is 0.361 e. The van der Waals surface area contributed by atoms with Gasteiger partial charge < -0.3 is 15.2 Å². The fourth-order valence-electron chi connectivity index (χ4n) is 4.72. The molecule has 1 aliphatic rings. The Bertz CT molecular complexity index is 1570. The van der Waals surface area contributed by atoms with Crippen LogP contribution in [-0.4, -0.2) is 58.9 Å². The maximum absolute atomic E-state index is 13.6. The van der Waals surface area contributed by atoms with Crippen LogP contribution in [0.15, 0.2) is 70.2 Å². The number of nitrogens with zero attached hydrogens (tertiary/aromatic N) is 5. The SMILES string of the molecule is Cc1cc(CN2CCC(N(C)S(=O)(=O)c3ccc(Nc4nccc(Nc5ccc(F)c(C)c5)n4)cc3)CC2)no1. The number of aromatic nitrogens is 3. The van der Waals surface area contributed by atoms with E-state index >= 15 is 0 Å². The first-order valence-corrected chi connectivity index (χ1v) is 14.5. The van der Waals surface area contributed by atoms with Gasteiger partial charge in [-0.15, -0.1) is 0 Å². The van der Waals surface area contributed by atoms with Gasteiger partial charge in [-0.2, -0.15) is 9.29 Å². The summed E-state index contributed by atoms with van der Waals surface area (Å²) in [6.45, 7) is 5.83. The first-order chi connectivity index (χ1) is 19.2. The van der Waals surface area contributed by atoms with Crippen LogP contribution in [0.1, 0.15) is 29.9 Å². The third-order valence-corrected chi connectivity index (χ3v) is 8.93. The average Bonchev–Trinajstić information content (AvgIpc) is 3.35. The Morgan fingerprint density at radius 3 is 2.42 bits per heavy atom. The summed E-state index contributed by atoms with van der Waals surface area (Å²) in [5.41, 5.74) is 2.77. The third-order valence-electron chi connectivity index (χ3n) is 7.01. The van der Waals surface area contributed by atoms with E-state index in [1.54, 1.807) is 62.6 Å². The molecule has 2 aromatic heterocycles. The highest BCUT2D eigenvalue weighted by atomic mass is 32.2. The number of likely N-dealkylation sites (tertiary alicyclic amines) is 1. The Morgan fingerprint density at radius 2 is 1.75 bits per heavy atom. The first-order valence-electron chi connectivity index (χ1n) is 13.0. The Labute approximate surface area is 233 Å². The monoisotopic (exact) mass is 565 g/mol. The van der Waals surface area contributed by atoms with Gasteiger partial charge in [-0.1, -0.05) is 5.16 Å². The number of hydrogen-bond donors (Lipinski definition) is 2. The van der Waals surface area contributed by atoms with E-state index in [1.165, 1.54) is 10.4 Å². The maximum atomic E-state index is 13.6. The minimum atomic E-state index is -3.66. The summed E-state index contributed by atoms with van der Waals surface area (Å²) < 4.78 is 46.9. The molecular formula is C28H32FN7O3S. The quantitative estimate of drug-likeness (QED) is 0.289. The zero-order chi connectivity index (χ0) is 28.3. The van der Waals surface area contributed by atoms with Gasteiger partial charge in [0.05, 0.1) is 10.6 Å². The maximum Gasteiger partial charge on any atom is 0.243 e. The number of sulfonamides is 1. The van der Waals surface area contributed by atoms with Crippen LogP contribution in [0, 0.1) is 19.7 Å². The van der Waals surface area contributed by atoms with E-state index in [0.717, 1.165) is 37.4 Å². The summed E-state index contributed by atoms with van der Waals surface area (Å²) in [5.74, 6) is 1.38. The van der Waals surface area contributed by atoms with E-state index in [4.69, 9.17) is 4.52 Å². The molecule has 2 aromatic carbocycles. The fourth-order valence-corrected chi connectivity index (χ4v) is 6.14. The Hall–Kier alpha value is -3.87. The Balaban J connectivity index is 1.18. The minimum Gasteiger partial charge on any atom is -0.361 e. The lowest BCUT2D eigenvalue weighted by Crippen LogP contribution is -2.45. The molecule has 0 aliphatic carbocycles.